The molecule has 0 unspecified atom stereocenters. The molecule has 1 aromatic carbocycles. The molecule has 0 radical (unpaired) electrons. The van der Waals surface area contributed by atoms with Gasteiger partial charge in [-0.25, -0.2) is 8.42 Å². The number of hydrogen-bond donors (Lipinski definition) is 0. The highest BCUT2D eigenvalue weighted by molar-refractivity contribution is 7.92. The lowest BCUT2D eigenvalue weighted by Gasteiger charge is -2.27. The molecule has 0 saturated heterocycles. The van der Waals surface area contributed by atoms with Gasteiger partial charge in [-0.3, -0.25) is 0 Å². The molecule has 2 rings (SSSR count). The van der Waals surface area contributed by atoms with Gasteiger partial charge in [-0.05, 0) is 25.0 Å². The van der Waals surface area contributed by atoms with Crippen LogP contribution in [0.25, 0.3) is 0 Å². The predicted octanol–water partition coefficient (Wildman–Crippen LogP) is 5.97. The summed E-state index contributed by atoms with van der Waals surface area (Å²) in [6.45, 7) is 0. The Bertz CT molecular complexity index is 573. The Labute approximate surface area is 144 Å². The molecule has 0 aromatic heterocycles. The molecular weight excluding hydrogens is 330 g/mol. The zero-order valence-corrected chi connectivity index (χ0v) is 15.0. The second-order valence-electron chi connectivity index (χ2n) is 6.83. The second-order valence-corrected chi connectivity index (χ2v) is 8.86. The van der Waals surface area contributed by atoms with Crippen LogP contribution in [0.1, 0.15) is 70.6 Å². The maximum atomic E-state index is 14.9. The minimum Gasteiger partial charge on any atom is -0.217 e. The van der Waals surface area contributed by atoms with Gasteiger partial charge in [0, 0.05) is 5.92 Å². The summed E-state index contributed by atoms with van der Waals surface area (Å²) in [5.41, 5.74) is 0. The molecule has 0 aliphatic heterocycles. The molecule has 0 atom stereocenters. The van der Waals surface area contributed by atoms with E-state index in [2.05, 4.69) is 0 Å². The monoisotopic (exact) mass is 358 g/mol. The maximum Gasteiger partial charge on any atom is 0.352 e. The summed E-state index contributed by atoms with van der Waals surface area (Å²) < 4.78 is 54.8. The van der Waals surface area contributed by atoms with Crippen molar-refractivity contribution < 1.29 is 17.2 Å². The smallest absolute Gasteiger partial charge is 0.217 e. The molecule has 1 fully saturated rings. The summed E-state index contributed by atoms with van der Waals surface area (Å²) in [6, 6.07) is 7.14. The van der Waals surface area contributed by atoms with Crippen LogP contribution >= 0.6 is 0 Å². The summed E-state index contributed by atoms with van der Waals surface area (Å²) in [4.78, 5) is -0.277. The van der Waals surface area contributed by atoms with E-state index in [9.17, 15) is 17.2 Å². The minimum absolute atomic E-state index is 0.277. The molecule has 1 saturated carbocycles. The Kier molecular flexibility index (Phi) is 7.20. The van der Waals surface area contributed by atoms with Gasteiger partial charge >= 0.3 is 5.25 Å². The molecule has 24 heavy (non-hydrogen) atoms. The lowest BCUT2D eigenvalue weighted by molar-refractivity contribution is 0.0155. The van der Waals surface area contributed by atoms with Gasteiger partial charge in [-0.2, -0.15) is 8.78 Å². The zero-order valence-electron chi connectivity index (χ0n) is 14.2. The van der Waals surface area contributed by atoms with E-state index in [1.54, 1.807) is 6.07 Å². The zero-order chi connectivity index (χ0) is 17.5. The summed E-state index contributed by atoms with van der Waals surface area (Å²) >= 11 is 0. The Morgan fingerprint density at radius 2 is 1.17 bits per heavy atom. The Hall–Kier alpha value is -0.970. The Balaban J connectivity index is 2.16. The molecule has 1 aliphatic carbocycles. The van der Waals surface area contributed by atoms with Crippen LogP contribution in [0.2, 0.25) is 0 Å². The molecule has 1 aliphatic rings. The lowest BCUT2D eigenvalue weighted by Crippen LogP contribution is -2.37. The molecule has 136 valence electrons. The highest BCUT2D eigenvalue weighted by atomic mass is 32.2. The van der Waals surface area contributed by atoms with E-state index in [4.69, 9.17) is 0 Å². The third-order valence-electron chi connectivity index (χ3n) is 4.99. The van der Waals surface area contributed by atoms with Crippen molar-refractivity contribution >= 4 is 9.84 Å². The third-order valence-corrected chi connectivity index (χ3v) is 6.93. The van der Waals surface area contributed by atoms with E-state index < -0.39 is 21.0 Å². The van der Waals surface area contributed by atoms with Gasteiger partial charge in [-0.15, -0.1) is 0 Å². The average Bonchev–Trinajstić information content (AvgIpc) is 2.56. The van der Waals surface area contributed by atoms with Crippen LogP contribution in [0.15, 0.2) is 35.2 Å². The Morgan fingerprint density at radius 1 is 0.750 bits per heavy atom. The van der Waals surface area contributed by atoms with Crippen LogP contribution in [-0.2, 0) is 9.84 Å². The number of alkyl halides is 2. The third kappa shape index (κ3) is 4.78. The van der Waals surface area contributed by atoms with Gasteiger partial charge in [0.15, 0.2) is 0 Å². The van der Waals surface area contributed by atoms with Crippen molar-refractivity contribution in [3.63, 3.8) is 0 Å². The number of halogens is 2. The summed E-state index contributed by atoms with van der Waals surface area (Å²) in [6.07, 6.45) is 9.44. The fourth-order valence-electron chi connectivity index (χ4n) is 3.48. The van der Waals surface area contributed by atoms with Crippen molar-refractivity contribution in [1.29, 1.82) is 0 Å². The molecule has 0 spiro atoms. The first kappa shape index (κ1) is 19.4. The van der Waals surface area contributed by atoms with Crippen LogP contribution in [-0.4, -0.2) is 13.7 Å². The number of sulfone groups is 1. The van der Waals surface area contributed by atoms with Gasteiger partial charge in [0.05, 0.1) is 4.90 Å². The molecule has 0 amide bonds. The molecule has 0 heterocycles. The van der Waals surface area contributed by atoms with Crippen molar-refractivity contribution in [3.05, 3.63) is 30.3 Å². The molecule has 2 nitrogen and oxygen atoms in total. The van der Waals surface area contributed by atoms with Crippen LogP contribution in [0.4, 0.5) is 8.78 Å². The van der Waals surface area contributed by atoms with Crippen molar-refractivity contribution in [3.8, 4) is 0 Å². The fraction of sp³-hybridized carbons (Fsp3) is 0.684. The van der Waals surface area contributed by atoms with Gasteiger partial charge in [0.1, 0.15) is 0 Å². The lowest BCUT2D eigenvalue weighted by atomic mass is 9.93. The first-order valence-corrected chi connectivity index (χ1v) is 10.6. The van der Waals surface area contributed by atoms with E-state index in [0.29, 0.717) is 25.7 Å². The van der Waals surface area contributed by atoms with Crippen LogP contribution in [0.5, 0.6) is 0 Å². The van der Waals surface area contributed by atoms with E-state index >= 15 is 0 Å². The molecule has 5 heteroatoms. The Morgan fingerprint density at radius 3 is 1.62 bits per heavy atom. The number of benzene rings is 1. The first-order valence-electron chi connectivity index (χ1n) is 9.14. The fourth-order valence-corrected chi connectivity index (χ4v) is 4.98. The maximum absolute atomic E-state index is 14.9. The van der Waals surface area contributed by atoms with Crippen molar-refractivity contribution in [2.75, 3.05) is 0 Å². The molecular formula is C19H28F2O2S. The van der Waals surface area contributed by atoms with Gasteiger partial charge in [0.25, 0.3) is 0 Å². The molecule has 0 bridgehead atoms. The van der Waals surface area contributed by atoms with Crippen LogP contribution in [0.3, 0.4) is 0 Å². The van der Waals surface area contributed by atoms with Crippen molar-refractivity contribution in [2.45, 2.75) is 80.8 Å². The highest BCUT2D eigenvalue weighted by Gasteiger charge is 2.51. The summed E-state index contributed by atoms with van der Waals surface area (Å²) in [5.74, 6) is -1.08. The van der Waals surface area contributed by atoms with E-state index in [1.807, 2.05) is 0 Å². The SMILES string of the molecule is O=S(=O)(c1ccccc1)C(F)(F)C1CCCCCCCCCCC1. The standard InChI is InChI=1S/C19H28F2O2S/c20-19(21,24(22,23)18-15-11-8-12-16-18)17-13-9-6-4-2-1-3-5-7-10-14-17/h8,11-12,15-17H,1-7,9-10,13-14H2. The van der Waals surface area contributed by atoms with E-state index in [0.717, 1.165) is 38.5 Å². The largest absolute Gasteiger partial charge is 0.352 e. The van der Waals surface area contributed by atoms with E-state index in [1.165, 1.54) is 30.7 Å². The van der Waals surface area contributed by atoms with Crippen molar-refractivity contribution in [2.24, 2.45) is 5.92 Å². The first-order chi connectivity index (χ1) is 11.5. The molecule has 1 aromatic rings. The van der Waals surface area contributed by atoms with Gasteiger partial charge < -0.3 is 0 Å². The van der Waals surface area contributed by atoms with E-state index in [-0.39, 0.29) is 4.90 Å². The number of hydrogen-bond acceptors (Lipinski definition) is 2. The van der Waals surface area contributed by atoms with Gasteiger partial charge in [-0.1, -0.05) is 76.0 Å². The topological polar surface area (TPSA) is 34.1 Å². The number of rotatable bonds is 3. The van der Waals surface area contributed by atoms with Crippen molar-refractivity contribution in [1.82, 2.24) is 0 Å². The highest BCUT2D eigenvalue weighted by Crippen LogP contribution is 2.41. The summed E-state index contributed by atoms with van der Waals surface area (Å²) in [7, 11) is -4.64. The van der Waals surface area contributed by atoms with Crippen LogP contribution in [0, 0.1) is 5.92 Å². The second kappa shape index (κ2) is 8.93. The quantitative estimate of drug-likeness (QED) is 0.666. The molecule has 0 N–H and O–H groups in total. The van der Waals surface area contributed by atoms with Crippen LogP contribution < -0.4 is 0 Å². The predicted molar refractivity (Wildman–Crippen MR) is 92.9 cm³/mol. The summed E-state index contributed by atoms with van der Waals surface area (Å²) in [5, 5.41) is -3.70. The van der Waals surface area contributed by atoms with Gasteiger partial charge in [0.2, 0.25) is 9.84 Å². The normalized spacial score (nSPS) is 20.1. The average molecular weight is 358 g/mol. The minimum atomic E-state index is -4.64.